The molecule has 1 N–H and O–H groups in total. The molecular weight excluding hydrogens is 378 g/mol. The average molecular weight is 404 g/mol. The van der Waals surface area contributed by atoms with Crippen molar-refractivity contribution in [2.24, 2.45) is 0 Å². The topological polar surface area (TPSA) is 87.7 Å². The van der Waals surface area contributed by atoms with Crippen molar-refractivity contribution in [3.8, 4) is 0 Å². The van der Waals surface area contributed by atoms with Gasteiger partial charge in [-0.15, -0.1) is 11.3 Å². The van der Waals surface area contributed by atoms with Crippen molar-refractivity contribution in [2.45, 2.75) is 33.3 Å². The summed E-state index contributed by atoms with van der Waals surface area (Å²) in [5.74, 6) is 0.281. The second kappa shape index (κ2) is 8.14. The molecule has 0 atom stereocenters. The van der Waals surface area contributed by atoms with Crippen molar-refractivity contribution < 1.29 is 14.3 Å². The lowest BCUT2D eigenvalue weighted by Gasteiger charge is -2.36. The Kier molecular flexibility index (Phi) is 5.83. The lowest BCUT2D eigenvalue weighted by molar-refractivity contribution is 0.0240. The fourth-order valence-corrected chi connectivity index (χ4v) is 3.44. The summed E-state index contributed by atoms with van der Waals surface area (Å²) in [5, 5.41) is 3.62. The van der Waals surface area contributed by atoms with Gasteiger partial charge in [0.1, 0.15) is 16.3 Å². The molecule has 3 heterocycles. The first kappa shape index (κ1) is 20.1. The third-order valence-electron chi connectivity index (χ3n) is 4.13. The molecule has 2 aromatic heterocycles. The monoisotopic (exact) mass is 403 g/mol. The molecule has 1 aliphatic rings. The second-order valence-electron chi connectivity index (χ2n) is 7.55. The number of thiazole rings is 1. The molecule has 0 aliphatic carbocycles. The maximum Gasteiger partial charge on any atom is 0.410 e. The molecule has 2 amide bonds. The van der Waals surface area contributed by atoms with Gasteiger partial charge in [-0.2, -0.15) is 0 Å². The quantitative estimate of drug-likeness (QED) is 0.847. The van der Waals surface area contributed by atoms with Gasteiger partial charge in [0.2, 0.25) is 0 Å². The van der Waals surface area contributed by atoms with E-state index in [1.54, 1.807) is 23.4 Å². The molecule has 1 aliphatic heterocycles. The number of hydrogen-bond acceptors (Lipinski definition) is 7. The molecule has 0 aromatic carbocycles. The summed E-state index contributed by atoms with van der Waals surface area (Å²) < 4.78 is 5.42. The van der Waals surface area contributed by atoms with Crippen LogP contribution in [0.5, 0.6) is 0 Å². The molecule has 0 bridgehead atoms. The molecule has 28 heavy (non-hydrogen) atoms. The fourth-order valence-electron chi connectivity index (χ4n) is 2.77. The Morgan fingerprint density at radius 1 is 1.11 bits per heavy atom. The number of anilines is 2. The molecule has 0 radical (unpaired) electrons. The van der Waals surface area contributed by atoms with Crippen molar-refractivity contribution in [1.82, 2.24) is 14.9 Å². The molecule has 0 unspecified atom stereocenters. The highest BCUT2D eigenvalue weighted by atomic mass is 32.1. The number of piperazine rings is 1. The highest BCUT2D eigenvalue weighted by Gasteiger charge is 2.26. The van der Waals surface area contributed by atoms with Gasteiger partial charge in [0, 0.05) is 26.2 Å². The minimum Gasteiger partial charge on any atom is -0.444 e. The van der Waals surface area contributed by atoms with Crippen LogP contribution in [0.2, 0.25) is 0 Å². The van der Waals surface area contributed by atoms with Crippen LogP contribution in [0.4, 0.5) is 16.3 Å². The molecule has 8 nitrogen and oxygen atoms in total. The molecule has 2 aromatic rings. The van der Waals surface area contributed by atoms with Gasteiger partial charge in [0.15, 0.2) is 0 Å². The van der Waals surface area contributed by atoms with E-state index in [1.807, 2.05) is 33.8 Å². The lowest BCUT2D eigenvalue weighted by Crippen LogP contribution is -2.50. The zero-order valence-electron chi connectivity index (χ0n) is 16.6. The number of hydrogen-bond donors (Lipinski definition) is 1. The maximum atomic E-state index is 12.2. The van der Waals surface area contributed by atoms with Gasteiger partial charge in [-0.05, 0) is 39.8 Å². The summed E-state index contributed by atoms with van der Waals surface area (Å²) >= 11 is 1.35. The number of ether oxygens (including phenoxy) is 1. The number of pyridine rings is 1. The first-order chi connectivity index (χ1) is 13.2. The highest BCUT2D eigenvalue weighted by molar-refractivity contribution is 7.13. The molecule has 0 spiro atoms. The number of carbonyl (C=O) groups is 2. The minimum absolute atomic E-state index is 0.211. The fraction of sp³-hybridized carbons (Fsp3) is 0.474. The van der Waals surface area contributed by atoms with E-state index in [-0.39, 0.29) is 12.0 Å². The molecule has 0 saturated carbocycles. The van der Waals surface area contributed by atoms with Crippen LogP contribution in [0.25, 0.3) is 0 Å². The van der Waals surface area contributed by atoms with Crippen LogP contribution in [-0.4, -0.2) is 58.6 Å². The number of aryl methyl sites for hydroxylation is 1. The van der Waals surface area contributed by atoms with Crippen LogP contribution in [-0.2, 0) is 4.74 Å². The van der Waals surface area contributed by atoms with E-state index in [0.29, 0.717) is 36.9 Å². The summed E-state index contributed by atoms with van der Waals surface area (Å²) in [6, 6.07) is 3.70. The number of amides is 2. The number of nitrogens with one attached hydrogen (secondary N) is 1. The predicted octanol–water partition coefficient (Wildman–Crippen LogP) is 3.16. The van der Waals surface area contributed by atoms with Crippen molar-refractivity contribution in [3.63, 3.8) is 0 Å². The van der Waals surface area contributed by atoms with Gasteiger partial charge in [0.25, 0.3) is 5.91 Å². The Morgan fingerprint density at radius 2 is 1.82 bits per heavy atom. The van der Waals surface area contributed by atoms with E-state index < -0.39 is 5.60 Å². The van der Waals surface area contributed by atoms with Crippen LogP contribution in [0.1, 0.15) is 35.5 Å². The summed E-state index contributed by atoms with van der Waals surface area (Å²) in [7, 11) is 0. The molecule has 9 heteroatoms. The lowest BCUT2D eigenvalue weighted by atomic mass is 10.2. The summed E-state index contributed by atoms with van der Waals surface area (Å²) in [6.45, 7) is 10.0. The zero-order valence-corrected chi connectivity index (χ0v) is 17.4. The second-order valence-corrected chi connectivity index (χ2v) is 8.79. The van der Waals surface area contributed by atoms with Crippen molar-refractivity contribution in [1.29, 1.82) is 0 Å². The van der Waals surface area contributed by atoms with Gasteiger partial charge in [0.05, 0.1) is 23.1 Å². The highest BCUT2D eigenvalue weighted by Crippen LogP contribution is 2.19. The Labute approximate surface area is 168 Å². The molecular formula is C19H25N5O3S. The first-order valence-corrected chi connectivity index (χ1v) is 9.96. The van der Waals surface area contributed by atoms with Gasteiger partial charge in [-0.3, -0.25) is 4.79 Å². The zero-order chi connectivity index (χ0) is 20.3. The van der Waals surface area contributed by atoms with E-state index in [1.165, 1.54) is 11.3 Å². The number of rotatable bonds is 3. The largest absolute Gasteiger partial charge is 0.444 e. The standard InChI is InChI=1S/C19H25N5O3S/c1-13-20-12-15(28-13)17(25)22-16-6-5-14(11-21-16)23-7-9-24(10-8-23)18(26)27-19(2,3)4/h5-6,11-12H,7-10H2,1-4H3,(H,21,22,25). The third kappa shape index (κ3) is 5.19. The summed E-state index contributed by atoms with van der Waals surface area (Å²) in [6.07, 6.45) is 3.02. The van der Waals surface area contributed by atoms with E-state index >= 15 is 0 Å². The third-order valence-corrected chi connectivity index (χ3v) is 5.04. The molecule has 150 valence electrons. The van der Waals surface area contributed by atoms with Crippen LogP contribution >= 0.6 is 11.3 Å². The van der Waals surface area contributed by atoms with Crippen LogP contribution < -0.4 is 10.2 Å². The van der Waals surface area contributed by atoms with Crippen LogP contribution in [0.15, 0.2) is 24.5 Å². The summed E-state index contributed by atoms with van der Waals surface area (Å²) in [4.78, 5) is 37.2. The Morgan fingerprint density at radius 3 is 2.36 bits per heavy atom. The predicted molar refractivity (Wildman–Crippen MR) is 109 cm³/mol. The smallest absolute Gasteiger partial charge is 0.410 e. The molecule has 1 fully saturated rings. The minimum atomic E-state index is -0.490. The van der Waals surface area contributed by atoms with Gasteiger partial charge in [-0.25, -0.2) is 14.8 Å². The normalized spacial score (nSPS) is 14.7. The van der Waals surface area contributed by atoms with Crippen molar-refractivity contribution in [3.05, 3.63) is 34.4 Å². The Bertz CT molecular complexity index is 836. The van der Waals surface area contributed by atoms with Gasteiger partial charge < -0.3 is 19.9 Å². The average Bonchev–Trinajstić information content (AvgIpc) is 3.08. The maximum absolute atomic E-state index is 12.2. The number of nitrogens with zero attached hydrogens (tertiary/aromatic N) is 4. The number of carbonyl (C=O) groups excluding carboxylic acids is 2. The summed E-state index contributed by atoms with van der Waals surface area (Å²) in [5.41, 5.74) is 0.464. The van der Waals surface area contributed by atoms with E-state index in [0.717, 1.165) is 10.7 Å². The van der Waals surface area contributed by atoms with E-state index in [4.69, 9.17) is 4.74 Å². The first-order valence-electron chi connectivity index (χ1n) is 9.14. The van der Waals surface area contributed by atoms with Gasteiger partial charge >= 0.3 is 6.09 Å². The van der Waals surface area contributed by atoms with Gasteiger partial charge in [-0.1, -0.05) is 0 Å². The van der Waals surface area contributed by atoms with E-state index in [9.17, 15) is 9.59 Å². The van der Waals surface area contributed by atoms with Crippen LogP contribution in [0, 0.1) is 6.92 Å². The molecule has 1 saturated heterocycles. The van der Waals surface area contributed by atoms with E-state index in [2.05, 4.69) is 20.2 Å². The SMILES string of the molecule is Cc1ncc(C(=O)Nc2ccc(N3CCN(C(=O)OC(C)(C)C)CC3)cn2)s1. The number of aromatic nitrogens is 2. The Hall–Kier alpha value is -2.68. The van der Waals surface area contributed by atoms with Crippen molar-refractivity contribution >= 4 is 34.8 Å². The van der Waals surface area contributed by atoms with Crippen molar-refractivity contribution in [2.75, 3.05) is 36.4 Å². The van der Waals surface area contributed by atoms with Crippen LogP contribution in [0.3, 0.4) is 0 Å². The molecule has 3 rings (SSSR count). The Balaban J connectivity index is 1.53.